The van der Waals surface area contributed by atoms with Crippen LogP contribution >= 0.6 is 0 Å². The highest BCUT2D eigenvalue weighted by Gasteiger charge is 2.21. The summed E-state index contributed by atoms with van der Waals surface area (Å²) >= 11 is 0. The zero-order chi connectivity index (χ0) is 21.1. The number of ether oxygens (including phenoxy) is 1. The molecule has 4 rings (SSSR count). The molecule has 1 fully saturated rings. The number of aromatic hydroxyl groups is 1. The smallest absolute Gasteiger partial charge is 0.297 e. The Morgan fingerprint density at radius 3 is 3.00 bits per heavy atom. The lowest BCUT2D eigenvalue weighted by atomic mass is 10.0. The number of pyridine rings is 1. The molecule has 3 aromatic rings. The normalized spacial score (nSPS) is 17.2. The second-order valence-corrected chi connectivity index (χ2v) is 7.50. The van der Waals surface area contributed by atoms with E-state index in [1.54, 1.807) is 31.4 Å². The lowest BCUT2D eigenvalue weighted by Gasteiger charge is -2.31. The van der Waals surface area contributed by atoms with Crippen molar-refractivity contribution in [1.82, 2.24) is 14.9 Å². The van der Waals surface area contributed by atoms with Gasteiger partial charge in [0.2, 0.25) is 5.65 Å². The van der Waals surface area contributed by atoms with E-state index >= 15 is 0 Å². The highest BCUT2D eigenvalue weighted by atomic mass is 16.5. The fraction of sp³-hybridized carbons (Fsp3) is 0.409. The van der Waals surface area contributed by atoms with E-state index in [-0.39, 0.29) is 11.8 Å². The summed E-state index contributed by atoms with van der Waals surface area (Å²) in [6.45, 7) is 5.59. The number of phenols is 1. The molecular weight excluding hydrogens is 382 g/mol. The highest BCUT2D eigenvalue weighted by molar-refractivity contribution is 5.80. The molecule has 30 heavy (non-hydrogen) atoms. The van der Waals surface area contributed by atoms with Crippen molar-refractivity contribution in [2.75, 3.05) is 32.1 Å². The van der Waals surface area contributed by atoms with Crippen LogP contribution in [0.2, 0.25) is 0 Å². The number of likely N-dealkylation sites (N-methyl/N-ethyl adjacent to an activating group) is 1. The van der Waals surface area contributed by atoms with Gasteiger partial charge < -0.3 is 24.5 Å². The van der Waals surface area contributed by atoms with Crippen LogP contribution in [0.5, 0.6) is 5.75 Å². The minimum absolute atomic E-state index is 0.0170. The molecule has 0 radical (unpaired) electrons. The Bertz CT molecular complexity index is 1090. The van der Waals surface area contributed by atoms with E-state index < -0.39 is 0 Å². The second-order valence-electron chi connectivity index (χ2n) is 7.50. The summed E-state index contributed by atoms with van der Waals surface area (Å²) in [5, 5.41) is 23.5. The van der Waals surface area contributed by atoms with Crippen molar-refractivity contribution in [3.05, 3.63) is 35.4 Å². The van der Waals surface area contributed by atoms with Crippen LogP contribution in [0.1, 0.15) is 30.9 Å². The number of anilines is 1. The highest BCUT2D eigenvalue weighted by Crippen LogP contribution is 2.34. The monoisotopic (exact) mass is 407 g/mol. The molecule has 1 aliphatic rings. The van der Waals surface area contributed by atoms with Crippen LogP contribution in [0.15, 0.2) is 28.7 Å². The molecule has 0 amide bonds. The van der Waals surface area contributed by atoms with E-state index in [0.717, 1.165) is 38.0 Å². The first kappa shape index (κ1) is 20.1. The number of hydrogen-bond acceptors (Lipinski definition) is 8. The van der Waals surface area contributed by atoms with Crippen LogP contribution in [-0.4, -0.2) is 52.8 Å². The molecule has 0 spiro atoms. The van der Waals surface area contributed by atoms with Crippen LogP contribution in [0.4, 0.5) is 6.01 Å². The molecule has 2 N–H and O–H groups in total. The minimum Gasteiger partial charge on any atom is -0.507 e. The van der Waals surface area contributed by atoms with Gasteiger partial charge in [-0.05, 0) is 55.8 Å². The molecule has 1 saturated heterocycles. The number of methoxy groups -OCH3 is 1. The molecule has 8 nitrogen and oxygen atoms in total. The molecule has 0 unspecified atom stereocenters. The van der Waals surface area contributed by atoms with Crippen LogP contribution in [-0.2, 0) is 11.3 Å². The number of oxazole rings is 1. The zero-order valence-corrected chi connectivity index (χ0v) is 17.2. The number of likely N-dealkylation sites (tertiary alicyclic amines) is 1. The lowest BCUT2D eigenvalue weighted by molar-refractivity contribution is 0.184. The lowest BCUT2D eigenvalue weighted by Crippen LogP contribution is -2.41. The van der Waals surface area contributed by atoms with Crippen molar-refractivity contribution in [3.63, 3.8) is 0 Å². The molecule has 1 aromatic carbocycles. The maximum atomic E-state index is 10.5. The number of fused-ring (bicyclic) bond motifs is 1. The van der Waals surface area contributed by atoms with Gasteiger partial charge in [-0.2, -0.15) is 10.2 Å². The standard InChI is InChI=1S/C22H25N5O3/c1-3-27-8-4-5-16(12-27)24-22-26-21-19(30-22)7-6-17(25-21)20-15(11-23)9-14(13-29-2)10-18(20)28/h6-7,9-10,16,28H,3-5,8,12-13H2,1-2H3,(H,24,25,26)/t16-/m1/s1. The molecule has 1 atom stereocenters. The van der Waals surface area contributed by atoms with Gasteiger partial charge in [-0.15, -0.1) is 0 Å². The van der Waals surface area contributed by atoms with E-state index in [4.69, 9.17) is 9.15 Å². The number of piperidine rings is 1. The third kappa shape index (κ3) is 4.08. The van der Waals surface area contributed by atoms with Gasteiger partial charge in [0.1, 0.15) is 5.75 Å². The molecule has 3 heterocycles. The largest absolute Gasteiger partial charge is 0.507 e. The summed E-state index contributed by atoms with van der Waals surface area (Å²) in [5.74, 6) is -0.0170. The SMILES string of the molecule is CCN1CCC[C@@H](Nc2nc3nc(-c4c(O)cc(COC)cc4C#N)ccc3o2)C1. The van der Waals surface area contributed by atoms with Crippen molar-refractivity contribution in [3.8, 4) is 23.1 Å². The average Bonchev–Trinajstić information content (AvgIpc) is 3.15. The van der Waals surface area contributed by atoms with Crippen LogP contribution in [0, 0.1) is 11.3 Å². The zero-order valence-electron chi connectivity index (χ0n) is 17.2. The van der Waals surface area contributed by atoms with Crippen LogP contribution in [0.3, 0.4) is 0 Å². The van der Waals surface area contributed by atoms with E-state index in [0.29, 0.717) is 40.7 Å². The molecule has 1 aliphatic heterocycles. The van der Waals surface area contributed by atoms with Gasteiger partial charge in [-0.25, -0.2) is 4.98 Å². The number of nitrogens with one attached hydrogen (secondary N) is 1. The maximum absolute atomic E-state index is 10.5. The number of hydrogen-bond donors (Lipinski definition) is 2. The first-order chi connectivity index (χ1) is 14.6. The van der Waals surface area contributed by atoms with E-state index in [1.165, 1.54) is 0 Å². The molecule has 8 heteroatoms. The first-order valence-electron chi connectivity index (χ1n) is 10.1. The quantitative estimate of drug-likeness (QED) is 0.639. The van der Waals surface area contributed by atoms with Gasteiger partial charge in [0.05, 0.1) is 29.5 Å². The number of rotatable bonds is 6. The van der Waals surface area contributed by atoms with Gasteiger partial charge in [-0.3, -0.25) is 0 Å². The van der Waals surface area contributed by atoms with E-state index in [9.17, 15) is 10.4 Å². The Hall–Kier alpha value is -3.15. The van der Waals surface area contributed by atoms with Crippen LogP contribution in [0.25, 0.3) is 22.5 Å². The second kappa shape index (κ2) is 8.69. The third-order valence-electron chi connectivity index (χ3n) is 5.40. The summed E-state index contributed by atoms with van der Waals surface area (Å²) in [7, 11) is 1.57. The van der Waals surface area contributed by atoms with Gasteiger partial charge in [0, 0.05) is 19.7 Å². The predicted octanol–water partition coefficient (Wildman–Crippen LogP) is 3.51. The van der Waals surface area contributed by atoms with Gasteiger partial charge in [0.15, 0.2) is 5.58 Å². The summed E-state index contributed by atoms with van der Waals surface area (Å²) in [4.78, 5) is 11.4. The molecule has 0 aliphatic carbocycles. The molecule has 2 aromatic heterocycles. The van der Waals surface area contributed by atoms with Crippen molar-refractivity contribution in [1.29, 1.82) is 5.26 Å². The van der Waals surface area contributed by atoms with Crippen LogP contribution < -0.4 is 5.32 Å². The Morgan fingerprint density at radius 1 is 1.37 bits per heavy atom. The van der Waals surface area contributed by atoms with Gasteiger partial charge in [0.25, 0.3) is 6.01 Å². The van der Waals surface area contributed by atoms with Gasteiger partial charge >= 0.3 is 0 Å². The maximum Gasteiger partial charge on any atom is 0.297 e. The number of nitriles is 1. The molecule has 0 bridgehead atoms. The summed E-state index contributed by atoms with van der Waals surface area (Å²) in [6, 6.07) is 9.63. The fourth-order valence-corrected chi connectivity index (χ4v) is 3.95. The Morgan fingerprint density at radius 2 is 2.23 bits per heavy atom. The Labute approximate surface area is 175 Å². The van der Waals surface area contributed by atoms with Crippen molar-refractivity contribution in [2.45, 2.75) is 32.4 Å². The number of nitrogens with zero attached hydrogens (tertiary/aromatic N) is 4. The Balaban J connectivity index is 1.62. The third-order valence-corrected chi connectivity index (χ3v) is 5.40. The molecule has 0 saturated carbocycles. The van der Waals surface area contributed by atoms with Crippen molar-refractivity contribution in [2.24, 2.45) is 0 Å². The van der Waals surface area contributed by atoms with Gasteiger partial charge in [-0.1, -0.05) is 6.92 Å². The van der Waals surface area contributed by atoms with E-state index in [2.05, 4.69) is 33.2 Å². The van der Waals surface area contributed by atoms with Crippen molar-refractivity contribution >= 4 is 17.2 Å². The average molecular weight is 407 g/mol. The first-order valence-corrected chi connectivity index (χ1v) is 10.1. The fourth-order valence-electron chi connectivity index (χ4n) is 3.95. The minimum atomic E-state index is -0.0170. The van der Waals surface area contributed by atoms with Crippen molar-refractivity contribution < 1.29 is 14.3 Å². The number of benzene rings is 1. The summed E-state index contributed by atoms with van der Waals surface area (Å²) < 4.78 is 10.9. The van der Waals surface area contributed by atoms with E-state index in [1.807, 2.05) is 0 Å². The molecular formula is C22H25N5O3. The predicted molar refractivity (Wildman–Crippen MR) is 113 cm³/mol. The Kier molecular flexibility index (Phi) is 5.84. The summed E-state index contributed by atoms with van der Waals surface area (Å²) in [6.07, 6.45) is 2.21. The number of aromatic nitrogens is 2. The topological polar surface area (TPSA) is 107 Å². The number of phenolic OH excluding ortho intramolecular Hbond substituents is 1. The molecule has 156 valence electrons. The summed E-state index contributed by atoms with van der Waals surface area (Å²) in [5.41, 5.74) is 2.88.